The Balaban J connectivity index is 2.19. The third-order valence-corrected chi connectivity index (χ3v) is 4.30. The van der Waals surface area contributed by atoms with E-state index in [4.69, 9.17) is 4.74 Å². The average Bonchev–Trinajstić information content (AvgIpc) is 2.95. The van der Waals surface area contributed by atoms with Crippen LogP contribution in [-0.2, 0) is 7.05 Å². The summed E-state index contributed by atoms with van der Waals surface area (Å²) in [5, 5.41) is 9.23. The van der Waals surface area contributed by atoms with Crippen LogP contribution in [0.1, 0.15) is 39.6 Å². The molecule has 0 saturated heterocycles. The van der Waals surface area contributed by atoms with Crippen molar-refractivity contribution in [2.24, 2.45) is 7.05 Å². The molecule has 0 bridgehead atoms. The molecule has 20 heavy (non-hydrogen) atoms. The fourth-order valence-corrected chi connectivity index (χ4v) is 3.14. The summed E-state index contributed by atoms with van der Waals surface area (Å²) in [7, 11) is 3.47. The quantitative estimate of drug-likeness (QED) is 0.942. The van der Waals surface area contributed by atoms with Crippen LogP contribution in [0.3, 0.4) is 0 Å². The molecular formula is C14H19N3O2S. The number of ether oxygens (including phenoxy) is 1. The summed E-state index contributed by atoms with van der Waals surface area (Å²) in [5.74, 6) is 0.492. The van der Waals surface area contributed by atoms with Crippen LogP contribution in [0, 0.1) is 13.8 Å². The minimum absolute atomic E-state index is 0.0944. The van der Waals surface area contributed by atoms with E-state index in [2.05, 4.69) is 10.4 Å². The molecule has 1 amide bonds. The number of carbonyl (C=O) groups excluding carboxylic acids is 1. The highest BCUT2D eigenvalue weighted by atomic mass is 32.1. The maximum Gasteiger partial charge on any atom is 0.265 e. The average molecular weight is 293 g/mol. The summed E-state index contributed by atoms with van der Waals surface area (Å²) in [4.78, 5) is 12.9. The zero-order valence-electron chi connectivity index (χ0n) is 12.4. The van der Waals surface area contributed by atoms with Gasteiger partial charge in [-0.1, -0.05) is 0 Å². The Morgan fingerprint density at radius 2 is 2.20 bits per heavy atom. The molecule has 2 aromatic rings. The number of aryl methyl sites for hydroxylation is 2. The molecular weight excluding hydrogens is 274 g/mol. The van der Waals surface area contributed by atoms with E-state index in [1.165, 1.54) is 11.3 Å². The number of amides is 1. The smallest absolute Gasteiger partial charge is 0.265 e. The molecule has 5 nitrogen and oxygen atoms in total. The van der Waals surface area contributed by atoms with E-state index >= 15 is 0 Å². The molecule has 0 aliphatic heterocycles. The van der Waals surface area contributed by atoms with Gasteiger partial charge in [-0.25, -0.2) is 0 Å². The highest BCUT2D eigenvalue weighted by Crippen LogP contribution is 2.26. The van der Waals surface area contributed by atoms with Crippen molar-refractivity contribution >= 4 is 17.2 Å². The van der Waals surface area contributed by atoms with Crippen LogP contribution in [-0.4, -0.2) is 22.8 Å². The van der Waals surface area contributed by atoms with E-state index in [1.54, 1.807) is 13.2 Å². The second kappa shape index (κ2) is 5.66. The monoisotopic (exact) mass is 293 g/mol. The van der Waals surface area contributed by atoms with Crippen molar-refractivity contribution in [2.75, 3.05) is 7.11 Å². The zero-order chi connectivity index (χ0) is 14.9. The summed E-state index contributed by atoms with van der Waals surface area (Å²) in [6, 6.07) is 1.70. The molecule has 0 spiro atoms. The van der Waals surface area contributed by atoms with Crippen LogP contribution >= 0.6 is 11.3 Å². The van der Waals surface area contributed by atoms with Gasteiger partial charge in [-0.15, -0.1) is 11.3 Å². The van der Waals surface area contributed by atoms with E-state index < -0.39 is 0 Å². The maximum atomic E-state index is 12.3. The summed E-state index contributed by atoms with van der Waals surface area (Å²) in [5.41, 5.74) is 3.07. The van der Waals surface area contributed by atoms with Crippen LogP contribution in [0.5, 0.6) is 5.75 Å². The van der Waals surface area contributed by atoms with Crippen molar-refractivity contribution in [2.45, 2.75) is 26.8 Å². The minimum Gasteiger partial charge on any atom is -0.495 e. The van der Waals surface area contributed by atoms with E-state index in [1.807, 2.05) is 37.9 Å². The number of hydrogen-bond acceptors (Lipinski definition) is 4. The Bertz CT molecular complexity index is 630. The van der Waals surface area contributed by atoms with Gasteiger partial charge in [-0.2, -0.15) is 5.10 Å². The number of aromatic nitrogens is 2. The number of hydrogen-bond donors (Lipinski definition) is 1. The van der Waals surface area contributed by atoms with Crippen molar-refractivity contribution in [1.29, 1.82) is 0 Å². The first-order valence-electron chi connectivity index (χ1n) is 6.38. The molecule has 6 heteroatoms. The van der Waals surface area contributed by atoms with Gasteiger partial charge in [0.25, 0.3) is 5.91 Å². The standard InChI is InChI=1S/C14H19N3O2S/c1-8(12-9(2)16-17(4)10(12)3)15-14(18)13-11(19-5)6-7-20-13/h6-8H,1-5H3,(H,15,18). The fourth-order valence-electron chi connectivity index (χ4n) is 2.37. The molecule has 0 radical (unpaired) electrons. The Kier molecular flexibility index (Phi) is 4.13. The molecule has 2 rings (SSSR count). The number of carbonyl (C=O) groups is 1. The Hall–Kier alpha value is -1.82. The van der Waals surface area contributed by atoms with Gasteiger partial charge in [0.1, 0.15) is 10.6 Å². The van der Waals surface area contributed by atoms with Crippen molar-refractivity contribution < 1.29 is 9.53 Å². The molecule has 0 aliphatic carbocycles. The lowest BCUT2D eigenvalue weighted by atomic mass is 10.1. The third-order valence-electron chi connectivity index (χ3n) is 3.40. The van der Waals surface area contributed by atoms with Crippen LogP contribution in [0.25, 0.3) is 0 Å². The van der Waals surface area contributed by atoms with Gasteiger partial charge < -0.3 is 10.1 Å². The van der Waals surface area contributed by atoms with Crippen molar-refractivity contribution in [3.8, 4) is 5.75 Å². The summed E-state index contributed by atoms with van der Waals surface area (Å²) >= 11 is 1.38. The molecule has 2 aromatic heterocycles. The predicted molar refractivity (Wildman–Crippen MR) is 79.4 cm³/mol. The first-order valence-corrected chi connectivity index (χ1v) is 7.26. The molecule has 1 N–H and O–H groups in total. The normalized spacial score (nSPS) is 12.2. The molecule has 0 fully saturated rings. The minimum atomic E-state index is -0.119. The van der Waals surface area contributed by atoms with Crippen LogP contribution < -0.4 is 10.1 Å². The predicted octanol–water partition coefficient (Wildman–Crippen LogP) is 2.60. The summed E-state index contributed by atoms with van der Waals surface area (Å²) in [6.45, 7) is 5.93. The fraction of sp³-hybridized carbons (Fsp3) is 0.429. The molecule has 0 saturated carbocycles. The maximum absolute atomic E-state index is 12.3. The van der Waals surface area contributed by atoms with Crippen LogP contribution in [0.4, 0.5) is 0 Å². The van der Waals surface area contributed by atoms with Crippen molar-refractivity contribution in [1.82, 2.24) is 15.1 Å². The van der Waals surface area contributed by atoms with Gasteiger partial charge in [0, 0.05) is 18.3 Å². The number of rotatable bonds is 4. The highest BCUT2D eigenvalue weighted by molar-refractivity contribution is 7.12. The van der Waals surface area contributed by atoms with Gasteiger partial charge in [0.15, 0.2) is 0 Å². The van der Waals surface area contributed by atoms with Gasteiger partial charge in [-0.3, -0.25) is 9.48 Å². The molecule has 0 aliphatic rings. The first-order chi connectivity index (χ1) is 9.45. The summed E-state index contributed by atoms with van der Waals surface area (Å²) < 4.78 is 7.01. The Morgan fingerprint density at radius 1 is 1.50 bits per heavy atom. The van der Waals surface area contributed by atoms with Crippen molar-refractivity contribution in [3.63, 3.8) is 0 Å². The lowest BCUT2D eigenvalue weighted by Crippen LogP contribution is -2.27. The van der Waals surface area contributed by atoms with Crippen LogP contribution in [0.15, 0.2) is 11.4 Å². The Morgan fingerprint density at radius 3 is 2.75 bits per heavy atom. The van der Waals surface area contributed by atoms with E-state index in [9.17, 15) is 4.79 Å². The first kappa shape index (κ1) is 14.6. The molecule has 108 valence electrons. The molecule has 1 unspecified atom stereocenters. The van der Waals surface area contributed by atoms with Gasteiger partial charge in [0.2, 0.25) is 0 Å². The molecule has 1 atom stereocenters. The zero-order valence-corrected chi connectivity index (χ0v) is 13.2. The van der Waals surface area contributed by atoms with Gasteiger partial charge >= 0.3 is 0 Å². The number of thiophene rings is 1. The lowest BCUT2D eigenvalue weighted by Gasteiger charge is -2.14. The van der Waals surface area contributed by atoms with Crippen molar-refractivity contribution in [3.05, 3.63) is 33.3 Å². The summed E-state index contributed by atoms with van der Waals surface area (Å²) in [6.07, 6.45) is 0. The van der Waals surface area contributed by atoms with Crippen LogP contribution in [0.2, 0.25) is 0 Å². The van der Waals surface area contributed by atoms with Gasteiger partial charge in [0.05, 0.1) is 18.8 Å². The number of methoxy groups -OCH3 is 1. The number of nitrogens with zero attached hydrogens (tertiary/aromatic N) is 2. The van der Waals surface area contributed by atoms with E-state index in [0.717, 1.165) is 17.0 Å². The topological polar surface area (TPSA) is 56.1 Å². The largest absolute Gasteiger partial charge is 0.495 e. The SMILES string of the molecule is COc1ccsc1C(=O)NC(C)c1c(C)nn(C)c1C. The second-order valence-electron chi connectivity index (χ2n) is 4.72. The second-order valence-corrected chi connectivity index (χ2v) is 5.64. The molecule has 0 aromatic carbocycles. The molecule has 2 heterocycles. The Labute approximate surface area is 122 Å². The highest BCUT2D eigenvalue weighted by Gasteiger charge is 2.21. The van der Waals surface area contributed by atoms with Gasteiger partial charge in [-0.05, 0) is 32.2 Å². The van der Waals surface area contributed by atoms with E-state index in [0.29, 0.717) is 10.6 Å². The van der Waals surface area contributed by atoms with E-state index in [-0.39, 0.29) is 11.9 Å². The lowest BCUT2D eigenvalue weighted by molar-refractivity contribution is 0.0941. The number of nitrogens with one attached hydrogen (secondary N) is 1. The third kappa shape index (κ3) is 2.56.